The minimum atomic E-state index is -0.554. The van der Waals surface area contributed by atoms with Gasteiger partial charge in [0.2, 0.25) is 11.1 Å². The van der Waals surface area contributed by atoms with Gasteiger partial charge >= 0.3 is 5.97 Å². The van der Waals surface area contributed by atoms with Crippen molar-refractivity contribution in [1.82, 2.24) is 14.8 Å². The van der Waals surface area contributed by atoms with Crippen molar-refractivity contribution in [1.29, 1.82) is 0 Å². The van der Waals surface area contributed by atoms with Gasteiger partial charge in [0.1, 0.15) is 18.4 Å². The topological polar surface area (TPSA) is 78.3 Å². The fraction of sp³-hybridized carbons (Fsp3) is 0.258. The van der Waals surface area contributed by atoms with E-state index in [0.29, 0.717) is 57.1 Å². The molecule has 0 aliphatic carbocycles. The van der Waals surface area contributed by atoms with Crippen LogP contribution < -0.4 is 10.1 Å². The first-order chi connectivity index (χ1) is 19.9. The van der Waals surface area contributed by atoms with Gasteiger partial charge in [0.05, 0.1) is 12.2 Å². The van der Waals surface area contributed by atoms with Crippen LogP contribution in [-0.2, 0) is 21.9 Å². The van der Waals surface area contributed by atoms with Gasteiger partial charge < -0.3 is 14.8 Å². The average molecular weight is 610 g/mol. The van der Waals surface area contributed by atoms with Gasteiger partial charge in [-0.1, -0.05) is 90.8 Å². The number of anilines is 1. The van der Waals surface area contributed by atoms with Crippen LogP contribution in [0.4, 0.5) is 5.95 Å². The van der Waals surface area contributed by atoms with Crippen molar-refractivity contribution in [3.8, 4) is 5.75 Å². The van der Waals surface area contributed by atoms with Crippen molar-refractivity contribution in [3.05, 3.63) is 111 Å². The number of aromatic nitrogens is 3. The molecule has 10 heteroatoms. The highest BCUT2D eigenvalue weighted by Gasteiger charge is 2.35. The highest BCUT2D eigenvalue weighted by Crippen LogP contribution is 2.38. The maximum Gasteiger partial charge on any atom is 0.338 e. The van der Waals surface area contributed by atoms with E-state index in [9.17, 15) is 4.79 Å². The van der Waals surface area contributed by atoms with Crippen LogP contribution in [0.15, 0.2) is 89.2 Å². The van der Waals surface area contributed by atoms with Crippen molar-refractivity contribution in [2.24, 2.45) is 0 Å². The number of rotatable bonds is 11. The molecule has 2 heterocycles. The molecule has 1 N–H and O–H groups in total. The molecule has 0 radical (unpaired) electrons. The summed E-state index contributed by atoms with van der Waals surface area (Å²) in [6, 6.07) is 22.4. The number of benzene rings is 3. The van der Waals surface area contributed by atoms with E-state index in [2.05, 4.69) is 12.2 Å². The summed E-state index contributed by atoms with van der Waals surface area (Å²) >= 11 is 13.9. The minimum absolute atomic E-state index is 0.353. The van der Waals surface area contributed by atoms with E-state index in [0.717, 1.165) is 29.5 Å². The number of hydrogen-bond donors (Lipinski definition) is 1. The summed E-state index contributed by atoms with van der Waals surface area (Å²) in [5.74, 6) is 1.45. The molecule has 212 valence electrons. The molecule has 0 fully saturated rings. The minimum Gasteiger partial charge on any atom is -0.489 e. The van der Waals surface area contributed by atoms with Crippen LogP contribution >= 0.6 is 35.0 Å². The monoisotopic (exact) mass is 608 g/mol. The van der Waals surface area contributed by atoms with Gasteiger partial charge in [-0.05, 0) is 60.4 Å². The Morgan fingerprint density at radius 2 is 1.88 bits per heavy atom. The Hall–Kier alpha value is -3.46. The van der Waals surface area contributed by atoms with Crippen molar-refractivity contribution in [3.63, 3.8) is 0 Å². The maximum atomic E-state index is 13.4. The summed E-state index contributed by atoms with van der Waals surface area (Å²) in [4.78, 5) is 18.1. The van der Waals surface area contributed by atoms with Crippen molar-refractivity contribution in [2.45, 2.75) is 50.2 Å². The van der Waals surface area contributed by atoms with E-state index < -0.39 is 6.04 Å². The number of fused-ring (bicyclic) bond motifs is 1. The van der Waals surface area contributed by atoms with Crippen molar-refractivity contribution < 1.29 is 14.3 Å². The number of ether oxygens (including phenoxy) is 2. The molecule has 1 aliphatic heterocycles. The van der Waals surface area contributed by atoms with Crippen LogP contribution in [0.25, 0.3) is 0 Å². The third-order valence-electron chi connectivity index (χ3n) is 6.59. The molecule has 7 nitrogen and oxygen atoms in total. The molecular weight excluding hydrogens is 579 g/mol. The molecule has 0 spiro atoms. The Morgan fingerprint density at radius 1 is 1.07 bits per heavy atom. The predicted molar refractivity (Wildman–Crippen MR) is 164 cm³/mol. The number of allylic oxidation sites excluding steroid dienone is 1. The summed E-state index contributed by atoms with van der Waals surface area (Å²) in [7, 11) is 0. The molecule has 3 aromatic carbocycles. The van der Waals surface area contributed by atoms with Gasteiger partial charge in [0.15, 0.2) is 0 Å². The second-order valence-corrected chi connectivity index (χ2v) is 11.4. The molecule has 0 saturated heterocycles. The number of halogens is 2. The third-order valence-corrected chi connectivity index (χ3v) is 8.10. The molecule has 1 aromatic heterocycles. The Morgan fingerprint density at radius 3 is 2.66 bits per heavy atom. The Balaban J connectivity index is 1.44. The third kappa shape index (κ3) is 7.07. The first kappa shape index (κ1) is 29.0. The van der Waals surface area contributed by atoms with E-state index in [1.807, 2.05) is 79.7 Å². The standard InChI is InChI=1S/C31H30Cl2N4O3S/c1-3-4-16-39-29(38)27-20(2)34-30-35-31(41-19-23-8-5-6-11-26(23)33)36-37(30)28(27)22-9-7-10-25(17-22)40-18-21-12-14-24(32)15-13-21/h5-15,17,28H,3-4,16,18-19H2,1-2H3,(H,34,35,36). The lowest BCUT2D eigenvalue weighted by atomic mass is 9.95. The Kier molecular flexibility index (Phi) is 9.54. The van der Waals surface area contributed by atoms with Crippen LogP contribution in [0, 0.1) is 0 Å². The normalized spacial score (nSPS) is 14.4. The number of esters is 1. The average Bonchev–Trinajstić information content (AvgIpc) is 3.38. The van der Waals surface area contributed by atoms with Gasteiger partial charge in [0.25, 0.3) is 0 Å². The van der Waals surface area contributed by atoms with Gasteiger partial charge in [-0.2, -0.15) is 4.98 Å². The molecule has 41 heavy (non-hydrogen) atoms. The highest BCUT2D eigenvalue weighted by atomic mass is 35.5. The zero-order chi connectivity index (χ0) is 28.8. The van der Waals surface area contributed by atoms with E-state index in [1.165, 1.54) is 11.8 Å². The van der Waals surface area contributed by atoms with Crippen LogP contribution in [0.3, 0.4) is 0 Å². The first-order valence-electron chi connectivity index (χ1n) is 13.4. The summed E-state index contributed by atoms with van der Waals surface area (Å²) in [5.41, 5.74) is 3.98. The number of nitrogens with zero attached hydrogens (tertiary/aromatic N) is 3. The van der Waals surface area contributed by atoms with E-state index in [-0.39, 0.29) is 5.97 Å². The van der Waals surface area contributed by atoms with Crippen LogP contribution in [-0.4, -0.2) is 27.3 Å². The number of carbonyl (C=O) groups excluding carboxylic acids is 1. The number of thioether (sulfide) groups is 1. The maximum absolute atomic E-state index is 13.4. The molecule has 1 aliphatic rings. The SMILES string of the molecule is CCCCOC(=O)C1=C(C)Nc2nc(SCc3ccccc3Cl)nn2C1c1cccc(OCc2ccc(Cl)cc2)c1. The fourth-order valence-corrected chi connectivity index (χ4v) is 5.67. The molecule has 4 aromatic rings. The lowest BCUT2D eigenvalue weighted by molar-refractivity contribution is -0.139. The van der Waals surface area contributed by atoms with Crippen molar-refractivity contribution in [2.75, 3.05) is 11.9 Å². The smallest absolute Gasteiger partial charge is 0.338 e. The van der Waals surface area contributed by atoms with Gasteiger partial charge in [-0.3, -0.25) is 0 Å². The van der Waals surface area contributed by atoms with E-state index in [1.54, 1.807) is 4.68 Å². The Labute approximate surface area is 253 Å². The molecule has 0 bridgehead atoms. The molecular formula is C31H30Cl2N4O3S. The van der Waals surface area contributed by atoms with E-state index >= 15 is 0 Å². The van der Waals surface area contributed by atoms with Gasteiger partial charge in [0, 0.05) is 21.5 Å². The molecule has 1 atom stereocenters. The number of carbonyl (C=O) groups is 1. The van der Waals surface area contributed by atoms with Crippen molar-refractivity contribution >= 4 is 46.9 Å². The molecule has 5 rings (SSSR count). The van der Waals surface area contributed by atoms with Crippen LogP contribution in [0.2, 0.25) is 10.0 Å². The van der Waals surface area contributed by atoms with Gasteiger partial charge in [-0.25, -0.2) is 9.48 Å². The molecule has 0 amide bonds. The fourth-order valence-electron chi connectivity index (χ4n) is 4.43. The summed E-state index contributed by atoms with van der Waals surface area (Å²) in [5, 5.41) is 10.0. The number of unbranched alkanes of at least 4 members (excludes halogenated alkanes) is 1. The van der Waals surface area contributed by atoms with Gasteiger partial charge in [-0.15, -0.1) is 5.10 Å². The highest BCUT2D eigenvalue weighted by molar-refractivity contribution is 7.98. The number of nitrogens with one attached hydrogen (secondary N) is 1. The van der Waals surface area contributed by atoms with Crippen LogP contribution in [0.1, 0.15) is 49.4 Å². The summed E-state index contributed by atoms with van der Waals surface area (Å²) in [6.45, 7) is 4.65. The zero-order valence-corrected chi connectivity index (χ0v) is 25.1. The van der Waals surface area contributed by atoms with E-state index in [4.69, 9.17) is 42.8 Å². The lowest BCUT2D eigenvalue weighted by Crippen LogP contribution is -2.29. The molecule has 1 unspecified atom stereocenters. The summed E-state index contributed by atoms with van der Waals surface area (Å²) < 4.78 is 13.5. The number of hydrogen-bond acceptors (Lipinski definition) is 7. The second-order valence-electron chi connectivity index (χ2n) is 9.59. The largest absolute Gasteiger partial charge is 0.489 e. The quantitative estimate of drug-likeness (QED) is 0.105. The lowest BCUT2D eigenvalue weighted by Gasteiger charge is -2.28. The predicted octanol–water partition coefficient (Wildman–Crippen LogP) is 8.09. The molecule has 0 saturated carbocycles. The first-order valence-corrected chi connectivity index (χ1v) is 15.1. The second kappa shape index (κ2) is 13.5. The zero-order valence-electron chi connectivity index (χ0n) is 22.8. The summed E-state index contributed by atoms with van der Waals surface area (Å²) in [6.07, 6.45) is 1.72. The van der Waals surface area contributed by atoms with Crippen LogP contribution in [0.5, 0.6) is 5.75 Å². The Bertz CT molecular complexity index is 1560.